The maximum atomic E-state index is 6.32. The van der Waals surface area contributed by atoms with Crippen LogP contribution in [0, 0.1) is 6.92 Å². The number of rotatable bonds is 2. The normalized spacial score (nSPS) is 18.7. The molecule has 0 radical (unpaired) electrons. The summed E-state index contributed by atoms with van der Waals surface area (Å²) in [5, 5.41) is 10.6. The van der Waals surface area contributed by atoms with Crippen LogP contribution in [0.25, 0.3) is 0 Å². The second-order valence-electron chi connectivity index (χ2n) is 5.40. The van der Waals surface area contributed by atoms with Gasteiger partial charge in [0, 0.05) is 22.7 Å². The summed E-state index contributed by atoms with van der Waals surface area (Å²) in [6.07, 6.45) is 3.21. The molecular weight excluding hydrogens is 353 g/mol. The van der Waals surface area contributed by atoms with Crippen molar-refractivity contribution in [3.05, 3.63) is 49.4 Å². The molecular formula is C15H15Cl2N5S. The van der Waals surface area contributed by atoms with E-state index >= 15 is 0 Å². The average molecular weight is 368 g/mol. The Bertz CT molecular complexity index is 789. The third kappa shape index (κ3) is 3.20. The monoisotopic (exact) mass is 367 g/mol. The standard InChI is InChI=1S/C15H15Cl2N5S/c1-7-2-3-20-10-4-8(13-9(16)6-23-14(13)17)5-11(12(7)10)21-22-15(18)19/h2-3,6,8H,4-5H2,1H3,(H4,18,19,22)/b21-11+/t8-/m1/s1. The molecule has 1 aliphatic carbocycles. The van der Waals surface area contributed by atoms with Gasteiger partial charge in [0.05, 0.1) is 20.8 Å². The van der Waals surface area contributed by atoms with Gasteiger partial charge in [-0.05, 0) is 37.3 Å². The van der Waals surface area contributed by atoms with Crippen LogP contribution in [0.5, 0.6) is 0 Å². The Balaban J connectivity index is 2.10. The quantitative estimate of drug-likeness (QED) is 0.483. The molecule has 0 aliphatic heterocycles. The van der Waals surface area contributed by atoms with Crippen LogP contribution < -0.4 is 11.5 Å². The molecule has 0 saturated carbocycles. The van der Waals surface area contributed by atoms with E-state index in [2.05, 4.69) is 15.2 Å². The van der Waals surface area contributed by atoms with Gasteiger partial charge in [-0.25, -0.2) is 0 Å². The highest BCUT2D eigenvalue weighted by atomic mass is 35.5. The van der Waals surface area contributed by atoms with E-state index in [9.17, 15) is 0 Å². The van der Waals surface area contributed by atoms with Crippen molar-refractivity contribution >= 4 is 46.2 Å². The molecule has 2 aromatic rings. The first-order valence-corrected chi connectivity index (χ1v) is 8.63. The molecule has 1 aliphatic rings. The first-order chi connectivity index (χ1) is 11.0. The fourth-order valence-corrected chi connectivity index (χ4v) is 4.51. The SMILES string of the molecule is Cc1ccnc2c1/C(=N/N=C(N)N)C[C@H](c1c(Cl)csc1Cl)C2. The zero-order valence-electron chi connectivity index (χ0n) is 12.4. The summed E-state index contributed by atoms with van der Waals surface area (Å²) in [6.45, 7) is 2.02. The van der Waals surface area contributed by atoms with Crippen LogP contribution in [0.3, 0.4) is 0 Å². The van der Waals surface area contributed by atoms with Crippen molar-refractivity contribution in [3.8, 4) is 0 Å². The Morgan fingerprint density at radius 1 is 1.35 bits per heavy atom. The second kappa shape index (κ2) is 6.47. The molecule has 0 bridgehead atoms. The lowest BCUT2D eigenvalue weighted by Gasteiger charge is -2.26. The topological polar surface area (TPSA) is 89.6 Å². The molecule has 0 fully saturated rings. The predicted octanol–water partition coefficient (Wildman–Crippen LogP) is 3.47. The molecule has 0 amide bonds. The Labute approximate surface area is 148 Å². The van der Waals surface area contributed by atoms with Gasteiger partial charge in [-0.2, -0.15) is 5.10 Å². The summed E-state index contributed by atoms with van der Waals surface area (Å²) in [4.78, 5) is 4.50. The van der Waals surface area contributed by atoms with E-state index in [1.807, 2.05) is 18.4 Å². The van der Waals surface area contributed by atoms with Crippen molar-refractivity contribution in [3.63, 3.8) is 0 Å². The number of pyridine rings is 1. The molecule has 0 spiro atoms. The van der Waals surface area contributed by atoms with Gasteiger partial charge in [0.1, 0.15) is 0 Å². The summed E-state index contributed by atoms with van der Waals surface area (Å²) in [5.74, 6) is 0.0327. The number of aromatic nitrogens is 1. The number of guanidine groups is 1. The molecule has 120 valence electrons. The van der Waals surface area contributed by atoms with E-state index in [0.717, 1.165) is 34.5 Å². The first kappa shape index (κ1) is 16.2. The van der Waals surface area contributed by atoms with E-state index in [4.69, 9.17) is 34.7 Å². The minimum atomic E-state index is -0.0747. The van der Waals surface area contributed by atoms with Gasteiger partial charge in [0.2, 0.25) is 5.96 Å². The van der Waals surface area contributed by atoms with Crippen molar-refractivity contribution < 1.29 is 0 Å². The Morgan fingerprint density at radius 3 is 2.78 bits per heavy atom. The lowest BCUT2D eigenvalue weighted by atomic mass is 9.81. The van der Waals surface area contributed by atoms with E-state index in [1.54, 1.807) is 6.20 Å². The van der Waals surface area contributed by atoms with Gasteiger partial charge in [0.15, 0.2) is 0 Å². The number of hydrogen-bond acceptors (Lipinski definition) is 4. The highest BCUT2D eigenvalue weighted by molar-refractivity contribution is 7.15. The van der Waals surface area contributed by atoms with Gasteiger partial charge in [-0.1, -0.05) is 23.2 Å². The van der Waals surface area contributed by atoms with Crippen molar-refractivity contribution in [2.75, 3.05) is 0 Å². The molecule has 0 aromatic carbocycles. The number of nitrogens with zero attached hydrogens (tertiary/aromatic N) is 3. The minimum absolute atomic E-state index is 0.0747. The maximum Gasteiger partial charge on any atom is 0.211 e. The first-order valence-electron chi connectivity index (χ1n) is 7.00. The summed E-state index contributed by atoms with van der Waals surface area (Å²) >= 11 is 14.1. The smallest absolute Gasteiger partial charge is 0.211 e. The molecule has 5 nitrogen and oxygen atoms in total. The van der Waals surface area contributed by atoms with Crippen LogP contribution in [-0.2, 0) is 6.42 Å². The third-order valence-corrected chi connectivity index (χ3v) is 5.53. The zero-order chi connectivity index (χ0) is 16.6. The van der Waals surface area contributed by atoms with Crippen molar-refractivity contribution in [2.24, 2.45) is 21.7 Å². The Kier molecular flexibility index (Phi) is 4.57. The van der Waals surface area contributed by atoms with E-state index < -0.39 is 0 Å². The van der Waals surface area contributed by atoms with Crippen molar-refractivity contribution in [2.45, 2.75) is 25.7 Å². The van der Waals surface area contributed by atoms with Crippen LogP contribution in [0.4, 0.5) is 0 Å². The van der Waals surface area contributed by atoms with Gasteiger partial charge in [-0.15, -0.1) is 16.4 Å². The van der Waals surface area contributed by atoms with Gasteiger partial charge in [0.25, 0.3) is 0 Å². The van der Waals surface area contributed by atoms with Crippen LogP contribution in [0.1, 0.15) is 34.7 Å². The van der Waals surface area contributed by atoms with Gasteiger partial charge in [-0.3, -0.25) is 4.98 Å². The minimum Gasteiger partial charge on any atom is -0.369 e. The molecule has 23 heavy (non-hydrogen) atoms. The lowest BCUT2D eigenvalue weighted by Crippen LogP contribution is -2.24. The summed E-state index contributed by atoms with van der Waals surface area (Å²) in [6, 6.07) is 1.95. The second-order valence-corrected chi connectivity index (χ2v) is 7.29. The largest absolute Gasteiger partial charge is 0.369 e. The number of thiophene rings is 1. The molecule has 1 atom stereocenters. The molecule has 2 aromatic heterocycles. The third-order valence-electron chi connectivity index (χ3n) is 3.84. The molecule has 4 N–H and O–H groups in total. The number of nitrogens with two attached hydrogens (primary N) is 2. The van der Waals surface area contributed by atoms with Crippen molar-refractivity contribution in [1.29, 1.82) is 0 Å². The molecule has 8 heteroatoms. The number of aryl methyl sites for hydroxylation is 1. The number of hydrogen-bond donors (Lipinski definition) is 2. The van der Waals surface area contributed by atoms with Crippen LogP contribution in [0.15, 0.2) is 27.8 Å². The molecule has 0 saturated heterocycles. The Hall–Kier alpha value is -1.63. The molecule has 2 heterocycles. The number of fused-ring (bicyclic) bond motifs is 1. The summed E-state index contributed by atoms with van der Waals surface area (Å²) in [7, 11) is 0. The van der Waals surface area contributed by atoms with E-state index in [0.29, 0.717) is 15.8 Å². The average Bonchev–Trinajstić information content (AvgIpc) is 2.83. The van der Waals surface area contributed by atoms with Gasteiger partial charge >= 0.3 is 0 Å². The highest BCUT2D eigenvalue weighted by Crippen LogP contribution is 2.42. The highest BCUT2D eigenvalue weighted by Gasteiger charge is 2.30. The fraction of sp³-hybridized carbons (Fsp3) is 0.267. The number of halogens is 2. The lowest BCUT2D eigenvalue weighted by molar-refractivity contribution is 0.680. The Morgan fingerprint density at radius 2 is 2.13 bits per heavy atom. The van der Waals surface area contributed by atoms with E-state index in [1.165, 1.54) is 11.3 Å². The predicted molar refractivity (Wildman–Crippen MR) is 96.7 cm³/mol. The summed E-state index contributed by atoms with van der Waals surface area (Å²) < 4.78 is 0.706. The zero-order valence-corrected chi connectivity index (χ0v) is 14.7. The van der Waals surface area contributed by atoms with Gasteiger partial charge < -0.3 is 11.5 Å². The summed E-state index contributed by atoms with van der Waals surface area (Å²) in [5.41, 5.74) is 15.6. The maximum absolute atomic E-state index is 6.32. The van der Waals surface area contributed by atoms with E-state index in [-0.39, 0.29) is 11.9 Å². The van der Waals surface area contributed by atoms with Crippen LogP contribution >= 0.6 is 34.5 Å². The molecule has 3 rings (SSSR count). The molecule has 0 unspecified atom stereocenters. The van der Waals surface area contributed by atoms with Crippen LogP contribution in [-0.4, -0.2) is 16.7 Å². The van der Waals surface area contributed by atoms with Crippen LogP contribution in [0.2, 0.25) is 9.36 Å². The fourth-order valence-electron chi connectivity index (χ4n) is 2.90. The van der Waals surface area contributed by atoms with Crippen molar-refractivity contribution in [1.82, 2.24) is 4.98 Å².